The summed E-state index contributed by atoms with van der Waals surface area (Å²) < 4.78 is 2.53. The number of amides is 1. The van der Waals surface area contributed by atoms with E-state index in [2.05, 4.69) is 36.8 Å². The number of tetrazole rings is 1. The average Bonchev–Trinajstić information content (AvgIpc) is 3.08. The summed E-state index contributed by atoms with van der Waals surface area (Å²) in [5.41, 5.74) is 2.10. The molecule has 2 heterocycles. The second kappa shape index (κ2) is 5.74. The van der Waals surface area contributed by atoms with Gasteiger partial charge in [-0.15, -0.1) is 16.4 Å². The number of benzene rings is 1. The summed E-state index contributed by atoms with van der Waals surface area (Å²) in [6, 6.07) is 9.15. The summed E-state index contributed by atoms with van der Waals surface area (Å²) in [4.78, 5) is 12.1. The first kappa shape index (κ1) is 13.9. The van der Waals surface area contributed by atoms with E-state index >= 15 is 0 Å². The van der Waals surface area contributed by atoms with Gasteiger partial charge in [0, 0.05) is 11.1 Å². The van der Waals surface area contributed by atoms with Crippen molar-refractivity contribution in [3.63, 3.8) is 0 Å². The van der Waals surface area contributed by atoms with E-state index < -0.39 is 0 Å². The monoisotopic (exact) mass is 363 g/mol. The number of hydrogen-bond donors (Lipinski definition) is 1. The number of nitrogens with one attached hydrogen (secondary N) is 1. The van der Waals surface area contributed by atoms with Gasteiger partial charge in [-0.25, -0.2) is 0 Å². The van der Waals surface area contributed by atoms with E-state index in [1.807, 2.05) is 31.2 Å². The van der Waals surface area contributed by atoms with E-state index in [0.717, 1.165) is 9.47 Å². The van der Waals surface area contributed by atoms with Crippen molar-refractivity contribution in [2.75, 3.05) is 5.32 Å². The van der Waals surface area contributed by atoms with Gasteiger partial charge in [-0.1, -0.05) is 6.07 Å². The van der Waals surface area contributed by atoms with E-state index in [1.165, 1.54) is 11.3 Å². The molecule has 0 spiro atoms. The normalized spacial score (nSPS) is 10.6. The van der Waals surface area contributed by atoms with Gasteiger partial charge in [0.05, 0.1) is 15.0 Å². The largest absolute Gasteiger partial charge is 0.322 e. The molecule has 0 saturated heterocycles. The fourth-order valence-corrected chi connectivity index (χ4v) is 2.95. The van der Waals surface area contributed by atoms with Crippen molar-refractivity contribution in [1.29, 1.82) is 0 Å². The van der Waals surface area contributed by atoms with Crippen LogP contribution in [0.5, 0.6) is 0 Å². The minimum Gasteiger partial charge on any atom is -0.322 e. The number of thiophene rings is 1. The third kappa shape index (κ3) is 3.01. The Labute approximate surface area is 132 Å². The molecule has 0 fully saturated rings. The van der Waals surface area contributed by atoms with Crippen LogP contribution in [0, 0.1) is 6.92 Å². The van der Waals surface area contributed by atoms with Crippen molar-refractivity contribution >= 4 is 38.9 Å². The van der Waals surface area contributed by atoms with E-state index in [-0.39, 0.29) is 5.91 Å². The van der Waals surface area contributed by atoms with Crippen LogP contribution in [0.2, 0.25) is 0 Å². The predicted molar refractivity (Wildman–Crippen MR) is 83.9 cm³/mol. The van der Waals surface area contributed by atoms with Gasteiger partial charge in [0.2, 0.25) is 0 Å². The quantitative estimate of drug-likeness (QED) is 0.775. The molecule has 3 rings (SSSR count). The molecule has 0 aliphatic carbocycles. The number of aryl methyl sites for hydroxylation is 1. The van der Waals surface area contributed by atoms with E-state index in [9.17, 15) is 4.79 Å². The first-order chi connectivity index (χ1) is 10.1. The van der Waals surface area contributed by atoms with Crippen LogP contribution in [0.3, 0.4) is 0 Å². The van der Waals surface area contributed by atoms with Crippen molar-refractivity contribution in [3.05, 3.63) is 50.9 Å². The fourth-order valence-electron chi connectivity index (χ4n) is 1.82. The molecule has 0 atom stereocenters. The zero-order valence-electron chi connectivity index (χ0n) is 10.9. The zero-order chi connectivity index (χ0) is 14.8. The Kier molecular flexibility index (Phi) is 3.80. The van der Waals surface area contributed by atoms with Crippen LogP contribution < -0.4 is 5.32 Å². The number of carbonyl (C=O) groups is 1. The molecule has 1 N–H and O–H groups in total. The molecular formula is C13H10BrN5OS. The highest BCUT2D eigenvalue weighted by atomic mass is 79.9. The van der Waals surface area contributed by atoms with Gasteiger partial charge < -0.3 is 5.32 Å². The molecule has 8 heteroatoms. The van der Waals surface area contributed by atoms with Gasteiger partial charge in [-0.2, -0.15) is 4.68 Å². The van der Waals surface area contributed by atoms with Crippen LogP contribution in [-0.2, 0) is 0 Å². The second-order valence-electron chi connectivity index (χ2n) is 4.28. The number of halogens is 1. The van der Waals surface area contributed by atoms with Crippen LogP contribution in [-0.4, -0.2) is 26.1 Å². The molecule has 1 amide bonds. The Hall–Kier alpha value is -2.06. The lowest BCUT2D eigenvalue weighted by atomic mass is 10.2. The lowest BCUT2D eigenvalue weighted by Gasteiger charge is -2.07. The second-order valence-corrected chi connectivity index (χ2v) is 6.57. The maximum Gasteiger partial charge on any atom is 0.256 e. The SMILES string of the molecule is Cc1nnnn1-c1cccc(NC(=O)c2csc(Br)c2)c1. The predicted octanol–water partition coefficient (Wildman–Crippen LogP) is 3.05. The molecule has 6 nitrogen and oxygen atoms in total. The van der Waals surface area contributed by atoms with Gasteiger partial charge in [-0.3, -0.25) is 4.79 Å². The molecule has 0 aliphatic rings. The van der Waals surface area contributed by atoms with Gasteiger partial charge in [-0.05, 0) is 57.5 Å². The Morgan fingerprint density at radius 3 is 2.90 bits per heavy atom. The molecule has 0 aliphatic heterocycles. The van der Waals surface area contributed by atoms with Crippen LogP contribution >= 0.6 is 27.3 Å². The smallest absolute Gasteiger partial charge is 0.256 e. The molecule has 3 aromatic rings. The summed E-state index contributed by atoms with van der Waals surface area (Å²) in [6.07, 6.45) is 0. The van der Waals surface area contributed by atoms with E-state index in [0.29, 0.717) is 17.1 Å². The highest BCUT2D eigenvalue weighted by molar-refractivity contribution is 9.11. The molecule has 21 heavy (non-hydrogen) atoms. The molecule has 106 valence electrons. The number of carbonyl (C=O) groups excluding carboxylic acids is 1. The van der Waals surface area contributed by atoms with E-state index in [1.54, 1.807) is 16.1 Å². The number of anilines is 1. The van der Waals surface area contributed by atoms with Crippen LogP contribution in [0.25, 0.3) is 5.69 Å². The molecule has 0 unspecified atom stereocenters. The summed E-state index contributed by atoms with van der Waals surface area (Å²) in [7, 11) is 0. The van der Waals surface area contributed by atoms with Crippen molar-refractivity contribution in [1.82, 2.24) is 20.2 Å². The Balaban J connectivity index is 1.84. The Morgan fingerprint density at radius 2 is 2.24 bits per heavy atom. The highest BCUT2D eigenvalue weighted by Crippen LogP contribution is 2.22. The van der Waals surface area contributed by atoms with Gasteiger partial charge in [0.1, 0.15) is 0 Å². The lowest BCUT2D eigenvalue weighted by Crippen LogP contribution is -2.11. The summed E-state index contributed by atoms with van der Waals surface area (Å²) in [5, 5.41) is 16.0. The molecule has 0 radical (unpaired) electrons. The molecule has 0 saturated carbocycles. The lowest BCUT2D eigenvalue weighted by molar-refractivity contribution is 0.102. The van der Waals surface area contributed by atoms with Crippen LogP contribution in [0.15, 0.2) is 39.5 Å². The maximum absolute atomic E-state index is 12.1. The highest BCUT2D eigenvalue weighted by Gasteiger charge is 2.09. The number of aromatic nitrogens is 4. The number of nitrogens with zero attached hydrogens (tertiary/aromatic N) is 4. The molecule has 2 aromatic heterocycles. The summed E-state index contributed by atoms with van der Waals surface area (Å²) in [5.74, 6) is 0.530. The molecular weight excluding hydrogens is 354 g/mol. The molecule has 1 aromatic carbocycles. The number of rotatable bonds is 3. The Bertz CT molecular complexity index is 797. The van der Waals surface area contributed by atoms with E-state index in [4.69, 9.17) is 0 Å². The van der Waals surface area contributed by atoms with Crippen molar-refractivity contribution in [2.45, 2.75) is 6.92 Å². The standard InChI is InChI=1S/C13H10BrN5OS/c1-8-16-17-18-19(8)11-4-2-3-10(6-11)15-13(20)9-5-12(14)21-7-9/h2-7H,1H3,(H,15,20). The first-order valence-corrected chi connectivity index (χ1v) is 7.71. The van der Waals surface area contributed by atoms with Crippen LogP contribution in [0.1, 0.15) is 16.2 Å². The van der Waals surface area contributed by atoms with Gasteiger partial charge in [0.25, 0.3) is 5.91 Å². The third-order valence-corrected chi connectivity index (χ3v) is 4.31. The minimum atomic E-state index is -0.150. The van der Waals surface area contributed by atoms with Crippen molar-refractivity contribution in [2.24, 2.45) is 0 Å². The molecule has 0 bridgehead atoms. The minimum absolute atomic E-state index is 0.150. The zero-order valence-corrected chi connectivity index (χ0v) is 13.3. The van der Waals surface area contributed by atoms with Crippen molar-refractivity contribution in [3.8, 4) is 5.69 Å². The Morgan fingerprint density at radius 1 is 1.38 bits per heavy atom. The van der Waals surface area contributed by atoms with Crippen LogP contribution in [0.4, 0.5) is 5.69 Å². The summed E-state index contributed by atoms with van der Waals surface area (Å²) in [6.45, 7) is 1.81. The average molecular weight is 364 g/mol. The first-order valence-electron chi connectivity index (χ1n) is 6.04. The third-order valence-electron chi connectivity index (χ3n) is 2.80. The van der Waals surface area contributed by atoms with Crippen molar-refractivity contribution < 1.29 is 4.79 Å². The topological polar surface area (TPSA) is 72.7 Å². The summed E-state index contributed by atoms with van der Waals surface area (Å²) >= 11 is 4.82. The van der Waals surface area contributed by atoms with Gasteiger partial charge in [0.15, 0.2) is 5.82 Å². The fraction of sp³-hybridized carbons (Fsp3) is 0.0769. The van der Waals surface area contributed by atoms with Gasteiger partial charge >= 0.3 is 0 Å². The number of hydrogen-bond acceptors (Lipinski definition) is 5. The maximum atomic E-state index is 12.1.